The van der Waals surface area contributed by atoms with Gasteiger partial charge in [0.25, 0.3) is 5.91 Å². The number of para-hydroxylation sites is 2. The molecule has 0 aliphatic carbocycles. The number of aryl methyl sites for hydroxylation is 1. The number of nitrogens with two attached hydrogens (primary N) is 1. The SMILES string of the molecule is CCc1ccccc1NC(=O)c1cc2ccc3c4ccccc4[nH]c3c2c(N)c1O. The summed E-state index contributed by atoms with van der Waals surface area (Å²) in [6, 6.07) is 21.3. The maximum Gasteiger partial charge on any atom is 0.259 e. The summed E-state index contributed by atoms with van der Waals surface area (Å²) in [7, 11) is 0. The van der Waals surface area contributed by atoms with E-state index in [0.29, 0.717) is 5.39 Å². The summed E-state index contributed by atoms with van der Waals surface area (Å²) in [6.45, 7) is 2.03. The van der Waals surface area contributed by atoms with Crippen LogP contribution in [0.4, 0.5) is 11.4 Å². The highest BCUT2D eigenvalue weighted by molar-refractivity contribution is 6.22. The lowest BCUT2D eigenvalue weighted by atomic mass is 10.00. The van der Waals surface area contributed by atoms with E-state index in [1.165, 1.54) is 0 Å². The van der Waals surface area contributed by atoms with E-state index in [0.717, 1.165) is 44.9 Å². The smallest absolute Gasteiger partial charge is 0.259 e. The quantitative estimate of drug-likeness (QED) is 0.237. The molecule has 0 unspecified atom stereocenters. The first kappa shape index (κ1) is 18.1. The topological polar surface area (TPSA) is 91.1 Å². The van der Waals surface area contributed by atoms with Crippen LogP contribution in [0.1, 0.15) is 22.8 Å². The first-order valence-corrected chi connectivity index (χ1v) is 9.92. The highest BCUT2D eigenvalue weighted by Gasteiger charge is 2.20. The molecule has 30 heavy (non-hydrogen) atoms. The van der Waals surface area contributed by atoms with Crippen molar-refractivity contribution in [3.63, 3.8) is 0 Å². The highest BCUT2D eigenvalue weighted by atomic mass is 16.3. The fraction of sp³-hybridized carbons (Fsp3) is 0.0800. The van der Waals surface area contributed by atoms with E-state index < -0.39 is 5.91 Å². The molecule has 0 saturated carbocycles. The van der Waals surface area contributed by atoms with Crippen LogP contribution < -0.4 is 11.1 Å². The van der Waals surface area contributed by atoms with Gasteiger partial charge in [-0.2, -0.15) is 0 Å². The summed E-state index contributed by atoms with van der Waals surface area (Å²) in [5, 5.41) is 17.3. The molecule has 0 aliphatic heterocycles. The second-order valence-corrected chi connectivity index (χ2v) is 7.41. The molecule has 5 nitrogen and oxygen atoms in total. The van der Waals surface area contributed by atoms with Crippen LogP contribution in [0.15, 0.2) is 66.7 Å². The lowest BCUT2D eigenvalue weighted by Crippen LogP contribution is -2.14. The predicted octanol–water partition coefficient (Wildman–Crippen LogP) is 5.58. The number of nitrogen functional groups attached to an aromatic ring is 1. The molecule has 1 aromatic heterocycles. The lowest BCUT2D eigenvalue weighted by molar-refractivity contribution is 0.102. The van der Waals surface area contributed by atoms with Gasteiger partial charge in [0.2, 0.25) is 0 Å². The number of hydrogen-bond donors (Lipinski definition) is 4. The summed E-state index contributed by atoms with van der Waals surface area (Å²) < 4.78 is 0. The van der Waals surface area contributed by atoms with Crippen molar-refractivity contribution in [3.05, 3.63) is 77.9 Å². The number of aromatic nitrogens is 1. The lowest BCUT2D eigenvalue weighted by Gasteiger charge is -2.13. The Bertz CT molecular complexity index is 1450. The summed E-state index contributed by atoms with van der Waals surface area (Å²) >= 11 is 0. The van der Waals surface area contributed by atoms with Crippen molar-refractivity contribution < 1.29 is 9.90 Å². The molecule has 5 heteroatoms. The van der Waals surface area contributed by atoms with E-state index in [1.807, 2.05) is 67.6 Å². The largest absolute Gasteiger partial charge is 0.505 e. The number of phenolic OH excluding ortho intramolecular Hbond substituents is 1. The summed E-state index contributed by atoms with van der Waals surface area (Å²) in [4.78, 5) is 16.4. The number of aromatic amines is 1. The third-order valence-electron chi connectivity index (χ3n) is 5.68. The molecular weight excluding hydrogens is 374 g/mol. The Balaban J connectivity index is 1.67. The number of aromatic hydroxyl groups is 1. The molecule has 0 saturated heterocycles. The van der Waals surface area contributed by atoms with Crippen LogP contribution in [0.5, 0.6) is 5.75 Å². The molecule has 0 aliphatic rings. The Kier molecular flexibility index (Phi) is 4.10. The number of fused-ring (bicyclic) bond motifs is 5. The number of phenols is 1. The Hall–Kier alpha value is -3.99. The van der Waals surface area contributed by atoms with Crippen molar-refractivity contribution in [3.8, 4) is 5.75 Å². The van der Waals surface area contributed by atoms with Crippen molar-refractivity contribution in [2.75, 3.05) is 11.1 Å². The van der Waals surface area contributed by atoms with Gasteiger partial charge in [-0.1, -0.05) is 55.5 Å². The molecule has 1 amide bonds. The number of amides is 1. The maximum atomic E-state index is 13.0. The van der Waals surface area contributed by atoms with Crippen molar-refractivity contribution in [2.24, 2.45) is 0 Å². The van der Waals surface area contributed by atoms with Crippen LogP contribution in [0, 0.1) is 0 Å². The van der Waals surface area contributed by atoms with Gasteiger partial charge < -0.3 is 21.1 Å². The molecule has 5 rings (SSSR count). The standard InChI is InChI=1S/C25H21N3O2/c1-2-14-7-3-5-9-19(14)28-25(30)18-13-15-11-12-17-16-8-4-6-10-20(16)27-23(17)21(15)22(26)24(18)29/h3-13,27,29H,2,26H2,1H3,(H,28,30). The molecule has 0 bridgehead atoms. The minimum absolute atomic E-state index is 0.154. The van der Waals surface area contributed by atoms with Gasteiger partial charge >= 0.3 is 0 Å². The van der Waals surface area contributed by atoms with Crippen molar-refractivity contribution >= 4 is 49.9 Å². The highest BCUT2D eigenvalue weighted by Crippen LogP contribution is 2.40. The third-order valence-corrected chi connectivity index (χ3v) is 5.68. The van der Waals surface area contributed by atoms with Crippen molar-refractivity contribution in [2.45, 2.75) is 13.3 Å². The molecular formula is C25H21N3O2. The number of carbonyl (C=O) groups excluding carboxylic acids is 1. The molecule has 5 aromatic rings. The number of rotatable bonds is 3. The number of benzene rings is 4. The zero-order valence-corrected chi connectivity index (χ0v) is 16.5. The Morgan fingerprint density at radius 1 is 1.03 bits per heavy atom. The zero-order valence-electron chi connectivity index (χ0n) is 16.5. The van der Waals surface area contributed by atoms with Gasteiger partial charge in [0.05, 0.1) is 16.8 Å². The molecule has 0 spiro atoms. The van der Waals surface area contributed by atoms with Crippen LogP contribution in [-0.2, 0) is 6.42 Å². The van der Waals surface area contributed by atoms with Crippen molar-refractivity contribution in [1.29, 1.82) is 0 Å². The van der Waals surface area contributed by atoms with Gasteiger partial charge in [0.15, 0.2) is 5.75 Å². The van der Waals surface area contributed by atoms with Crippen LogP contribution in [-0.4, -0.2) is 16.0 Å². The second-order valence-electron chi connectivity index (χ2n) is 7.41. The van der Waals surface area contributed by atoms with Crippen molar-refractivity contribution in [1.82, 2.24) is 4.98 Å². The molecule has 5 N–H and O–H groups in total. The first-order valence-electron chi connectivity index (χ1n) is 9.92. The normalized spacial score (nSPS) is 11.4. The predicted molar refractivity (Wildman–Crippen MR) is 123 cm³/mol. The monoisotopic (exact) mass is 395 g/mol. The molecule has 1 heterocycles. The third kappa shape index (κ3) is 2.67. The van der Waals surface area contributed by atoms with E-state index in [9.17, 15) is 9.90 Å². The average Bonchev–Trinajstić information content (AvgIpc) is 3.15. The van der Waals surface area contributed by atoms with Gasteiger partial charge in [-0.25, -0.2) is 0 Å². The van der Waals surface area contributed by atoms with Crippen LogP contribution >= 0.6 is 0 Å². The number of H-pyrrole nitrogens is 1. The van der Waals surface area contributed by atoms with Crippen LogP contribution in [0.3, 0.4) is 0 Å². The number of anilines is 2. The molecule has 148 valence electrons. The summed E-state index contributed by atoms with van der Waals surface area (Å²) in [5.41, 5.74) is 10.3. The maximum absolute atomic E-state index is 13.0. The summed E-state index contributed by atoms with van der Waals surface area (Å²) in [6.07, 6.45) is 0.792. The Morgan fingerprint density at radius 3 is 2.63 bits per heavy atom. The van der Waals surface area contributed by atoms with Gasteiger partial charge in [-0.05, 0) is 35.6 Å². The van der Waals surface area contributed by atoms with Gasteiger partial charge in [0, 0.05) is 27.4 Å². The van der Waals surface area contributed by atoms with Crippen LogP contribution in [0.25, 0.3) is 32.6 Å². The Morgan fingerprint density at radius 2 is 1.80 bits per heavy atom. The van der Waals surface area contributed by atoms with Gasteiger partial charge in [-0.15, -0.1) is 0 Å². The zero-order chi connectivity index (χ0) is 20.8. The number of carbonyl (C=O) groups is 1. The van der Waals surface area contributed by atoms with E-state index in [2.05, 4.69) is 10.3 Å². The molecule has 0 radical (unpaired) electrons. The van der Waals surface area contributed by atoms with Gasteiger partial charge in [0.1, 0.15) is 0 Å². The number of nitrogens with one attached hydrogen (secondary N) is 2. The fourth-order valence-electron chi connectivity index (χ4n) is 4.15. The summed E-state index contributed by atoms with van der Waals surface area (Å²) in [5.74, 6) is -0.598. The molecule has 4 aromatic carbocycles. The molecule has 0 fully saturated rings. The minimum atomic E-state index is -0.390. The van der Waals surface area contributed by atoms with E-state index in [1.54, 1.807) is 6.07 Å². The van der Waals surface area contributed by atoms with E-state index >= 15 is 0 Å². The minimum Gasteiger partial charge on any atom is -0.505 e. The van der Waals surface area contributed by atoms with E-state index in [-0.39, 0.29) is 17.0 Å². The van der Waals surface area contributed by atoms with Gasteiger partial charge in [-0.3, -0.25) is 4.79 Å². The first-order chi connectivity index (χ1) is 14.6. The van der Waals surface area contributed by atoms with Crippen LogP contribution in [0.2, 0.25) is 0 Å². The fourth-order valence-corrected chi connectivity index (χ4v) is 4.15. The van der Waals surface area contributed by atoms with E-state index in [4.69, 9.17) is 5.73 Å². The average molecular weight is 395 g/mol. The molecule has 0 atom stereocenters. The number of hydrogen-bond acceptors (Lipinski definition) is 3. The Labute approximate surface area is 173 Å². The second kappa shape index (κ2) is 6.81.